The molecule has 0 unspecified atom stereocenters. The third-order valence-electron chi connectivity index (χ3n) is 5.62. The highest BCUT2D eigenvalue weighted by Crippen LogP contribution is 2.45. The van der Waals surface area contributed by atoms with Crippen LogP contribution in [-0.4, -0.2) is 19.8 Å². The molecule has 1 aromatic rings. The standard InChI is InChI=1S/C19H28ClNO2/c1-22-17-11-15(19(13-21)9-5-2-6-10-19)16(20)12-18(17)23-14-7-3-4-8-14/h11-12,14H,2-10,13,21H2,1H3. The lowest BCUT2D eigenvalue weighted by molar-refractivity contribution is 0.200. The summed E-state index contributed by atoms with van der Waals surface area (Å²) in [6.45, 7) is 0.638. The summed E-state index contributed by atoms with van der Waals surface area (Å²) >= 11 is 6.65. The van der Waals surface area contributed by atoms with Crippen LogP contribution in [-0.2, 0) is 5.41 Å². The first-order valence-corrected chi connectivity index (χ1v) is 9.31. The molecule has 0 heterocycles. The number of hydrogen-bond acceptors (Lipinski definition) is 3. The van der Waals surface area contributed by atoms with Gasteiger partial charge < -0.3 is 15.2 Å². The Balaban J connectivity index is 1.92. The molecule has 0 bridgehead atoms. The molecule has 4 heteroatoms. The number of nitrogens with two attached hydrogens (primary N) is 1. The molecular formula is C19H28ClNO2. The highest BCUT2D eigenvalue weighted by Gasteiger charge is 2.35. The van der Waals surface area contributed by atoms with Gasteiger partial charge in [-0.3, -0.25) is 0 Å². The molecule has 2 fully saturated rings. The first-order chi connectivity index (χ1) is 11.2. The van der Waals surface area contributed by atoms with E-state index in [1.165, 1.54) is 32.1 Å². The maximum Gasteiger partial charge on any atom is 0.163 e. The lowest BCUT2D eigenvalue weighted by Crippen LogP contribution is -2.37. The van der Waals surface area contributed by atoms with E-state index in [4.69, 9.17) is 26.8 Å². The Morgan fingerprint density at radius 2 is 1.78 bits per heavy atom. The summed E-state index contributed by atoms with van der Waals surface area (Å²) in [4.78, 5) is 0. The fourth-order valence-corrected chi connectivity index (χ4v) is 4.55. The number of methoxy groups -OCH3 is 1. The summed E-state index contributed by atoms with van der Waals surface area (Å²) in [6.07, 6.45) is 11.0. The summed E-state index contributed by atoms with van der Waals surface area (Å²) in [5, 5.41) is 0.770. The van der Waals surface area contributed by atoms with E-state index in [0.29, 0.717) is 12.6 Å². The van der Waals surface area contributed by atoms with Gasteiger partial charge in [-0.1, -0.05) is 30.9 Å². The molecule has 23 heavy (non-hydrogen) atoms. The lowest BCUT2D eigenvalue weighted by atomic mass is 9.69. The van der Waals surface area contributed by atoms with Crippen LogP contribution in [0.15, 0.2) is 12.1 Å². The average Bonchev–Trinajstić information content (AvgIpc) is 3.09. The van der Waals surface area contributed by atoms with Gasteiger partial charge >= 0.3 is 0 Å². The maximum atomic E-state index is 6.65. The van der Waals surface area contributed by atoms with E-state index in [9.17, 15) is 0 Å². The van der Waals surface area contributed by atoms with Crippen LogP contribution in [0.4, 0.5) is 0 Å². The lowest BCUT2D eigenvalue weighted by Gasteiger charge is -2.37. The Hall–Kier alpha value is -0.930. The Bertz CT molecular complexity index is 534. The zero-order valence-electron chi connectivity index (χ0n) is 14.1. The Kier molecular flexibility index (Phi) is 5.38. The van der Waals surface area contributed by atoms with Gasteiger partial charge in [0.15, 0.2) is 11.5 Å². The van der Waals surface area contributed by atoms with Crippen molar-refractivity contribution in [1.29, 1.82) is 0 Å². The van der Waals surface area contributed by atoms with Crippen LogP contribution in [0, 0.1) is 0 Å². The van der Waals surface area contributed by atoms with E-state index in [2.05, 4.69) is 6.07 Å². The highest BCUT2D eigenvalue weighted by molar-refractivity contribution is 6.31. The van der Waals surface area contributed by atoms with E-state index in [-0.39, 0.29) is 5.41 Å². The van der Waals surface area contributed by atoms with Gasteiger partial charge in [-0.2, -0.15) is 0 Å². The van der Waals surface area contributed by atoms with Gasteiger partial charge in [0.25, 0.3) is 0 Å². The van der Waals surface area contributed by atoms with Crippen molar-refractivity contribution in [3.8, 4) is 11.5 Å². The van der Waals surface area contributed by atoms with E-state index in [0.717, 1.165) is 47.8 Å². The van der Waals surface area contributed by atoms with Crippen molar-refractivity contribution in [3.05, 3.63) is 22.7 Å². The molecule has 0 amide bonds. The average molecular weight is 338 g/mol. The minimum atomic E-state index is -0.00545. The van der Waals surface area contributed by atoms with Crippen molar-refractivity contribution in [2.75, 3.05) is 13.7 Å². The van der Waals surface area contributed by atoms with Crippen molar-refractivity contribution < 1.29 is 9.47 Å². The van der Waals surface area contributed by atoms with Crippen molar-refractivity contribution in [2.24, 2.45) is 5.73 Å². The van der Waals surface area contributed by atoms with Crippen LogP contribution in [0.25, 0.3) is 0 Å². The Morgan fingerprint density at radius 3 is 2.39 bits per heavy atom. The van der Waals surface area contributed by atoms with Crippen LogP contribution in [0.2, 0.25) is 5.02 Å². The van der Waals surface area contributed by atoms with Crippen LogP contribution in [0.1, 0.15) is 63.4 Å². The monoisotopic (exact) mass is 337 g/mol. The molecule has 1 aromatic carbocycles. The molecule has 2 saturated carbocycles. The second-order valence-electron chi connectivity index (χ2n) is 7.05. The molecule has 3 nitrogen and oxygen atoms in total. The fourth-order valence-electron chi connectivity index (χ4n) is 4.19. The quantitative estimate of drug-likeness (QED) is 0.836. The second kappa shape index (κ2) is 7.31. The molecule has 0 spiro atoms. The van der Waals surface area contributed by atoms with Crippen molar-refractivity contribution in [2.45, 2.75) is 69.3 Å². The maximum absolute atomic E-state index is 6.65. The van der Waals surface area contributed by atoms with Gasteiger partial charge in [-0.15, -0.1) is 0 Å². The predicted molar refractivity (Wildman–Crippen MR) is 94.7 cm³/mol. The number of ether oxygens (including phenoxy) is 2. The topological polar surface area (TPSA) is 44.5 Å². The van der Waals surface area contributed by atoms with E-state index in [1.807, 2.05) is 6.07 Å². The molecule has 0 radical (unpaired) electrons. The molecule has 0 aliphatic heterocycles. The molecule has 128 valence electrons. The van der Waals surface area contributed by atoms with Crippen LogP contribution in [0.5, 0.6) is 11.5 Å². The minimum Gasteiger partial charge on any atom is -0.493 e. The van der Waals surface area contributed by atoms with Crippen molar-refractivity contribution in [3.63, 3.8) is 0 Å². The van der Waals surface area contributed by atoms with Gasteiger partial charge in [0.1, 0.15) is 0 Å². The number of hydrogen-bond donors (Lipinski definition) is 1. The highest BCUT2D eigenvalue weighted by atomic mass is 35.5. The molecule has 0 saturated heterocycles. The third kappa shape index (κ3) is 3.46. The molecule has 0 atom stereocenters. The zero-order chi connectivity index (χ0) is 16.3. The Labute approximate surface area is 144 Å². The van der Waals surface area contributed by atoms with E-state index in [1.54, 1.807) is 7.11 Å². The van der Waals surface area contributed by atoms with E-state index >= 15 is 0 Å². The summed E-state index contributed by atoms with van der Waals surface area (Å²) in [7, 11) is 1.70. The first-order valence-electron chi connectivity index (χ1n) is 8.93. The van der Waals surface area contributed by atoms with Crippen LogP contribution >= 0.6 is 11.6 Å². The molecular weight excluding hydrogens is 310 g/mol. The van der Waals surface area contributed by atoms with E-state index < -0.39 is 0 Å². The SMILES string of the molecule is COc1cc(C2(CN)CCCCC2)c(Cl)cc1OC1CCCC1. The largest absolute Gasteiger partial charge is 0.493 e. The minimum absolute atomic E-state index is 0.00545. The number of rotatable bonds is 5. The fraction of sp³-hybridized carbons (Fsp3) is 0.684. The molecule has 0 aromatic heterocycles. The van der Waals surface area contributed by atoms with Gasteiger partial charge in [0, 0.05) is 23.0 Å². The van der Waals surface area contributed by atoms with Gasteiger partial charge in [0.2, 0.25) is 0 Å². The zero-order valence-corrected chi connectivity index (χ0v) is 14.8. The molecule has 2 N–H and O–H groups in total. The van der Waals surface area contributed by atoms with Gasteiger partial charge in [-0.05, 0) is 50.2 Å². The molecule has 3 rings (SSSR count). The van der Waals surface area contributed by atoms with Crippen molar-refractivity contribution in [1.82, 2.24) is 0 Å². The molecule has 2 aliphatic carbocycles. The van der Waals surface area contributed by atoms with Crippen LogP contribution in [0.3, 0.4) is 0 Å². The summed E-state index contributed by atoms with van der Waals surface area (Å²) in [5.41, 5.74) is 7.30. The van der Waals surface area contributed by atoms with Gasteiger partial charge in [0.05, 0.1) is 13.2 Å². The summed E-state index contributed by atoms with van der Waals surface area (Å²) < 4.78 is 11.8. The Morgan fingerprint density at radius 1 is 1.09 bits per heavy atom. The van der Waals surface area contributed by atoms with Crippen LogP contribution < -0.4 is 15.2 Å². The summed E-state index contributed by atoms with van der Waals surface area (Å²) in [6, 6.07) is 4.02. The predicted octanol–water partition coefficient (Wildman–Crippen LogP) is 4.83. The number of halogens is 1. The normalized spacial score (nSPS) is 21.3. The first kappa shape index (κ1) is 16.9. The molecule has 2 aliphatic rings. The van der Waals surface area contributed by atoms with Gasteiger partial charge in [-0.25, -0.2) is 0 Å². The second-order valence-corrected chi connectivity index (χ2v) is 7.46. The number of benzene rings is 1. The van der Waals surface area contributed by atoms with Crippen molar-refractivity contribution >= 4 is 11.6 Å². The smallest absolute Gasteiger partial charge is 0.163 e. The third-order valence-corrected chi connectivity index (χ3v) is 5.93. The summed E-state index contributed by atoms with van der Waals surface area (Å²) in [5.74, 6) is 1.56.